The Morgan fingerprint density at radius 2 is 1.86 bits per heavy atom. The van der Waals surface area contributed by atoms with Gasteiger partial charge in [0.25, 0.3) is 5.91 Å². The lowest BCUT2D eigenvalue weighted by atomic mass is 10.0. The van der Waals surface area contributed by atoms with E-state index in [-0.39, 0.29) is 11.9 Å². The van der Waals surface area contributed by atoms with E-state index in [0.29, 0.717) is 4.88 Å². The number of amides is 1. The zero-order chi connectivity index (χ0) is 19.5. The van der Waals surface area contributed by atoms with Crippen LogP contribution in [0.4, 0.5) is 0 Å². The second-order valence-corrected chi connectivity index (χ2v) is 8.21. The van der Waals surface area contributed by atoms with Crippen LogP contribution in [0.1, 0.15) is 32.7 Å². The highest BCUT2D eigenvalue weighted by Gasteiger charge is 2.28. The molecule has 3 heterocycles. The predicted molar refractivity (Wildman–Crippen MR) is 115 cm³/mol. The Labute approximate surface area is 172 Å². The third-order valence-corrected chi connectivity index (χ3v) is 6.43. The van der Waals surface area contributed by atoms with Crippen molar-refractivity contribution in [2.24, 2.45) is 0 Å². The average Bonchev–Trinajstić information content (AvgIpc) is 3.39. The molecule has 0 radical (unpaired) electrons. The summed E-state index contributed by atoms with van der Waals surface area (Å²) in [7, 11) is 1.83. The maximum absolute atomic E-state index is 13.4. The molecular formula is C22H19N3OS2. The van der Waals surface area contributed by atoms with E-state index in [1.165, 1.54) is 11.3 Å². The van der Waals surface area contributed by atoms with Crippen molar-refractivity contribution in [2.45, 2.75) is 13.0 Å². The zero-order valence-electron chi connectivity index (χ0n) is 15.6. The average molecular weight is 406 g/mol. The molecular weight excluding hydrogens is 386 g/mol. The Kier molecular flexibility index (Phi) is 5.32. The molecule has 1 unspecified atom stereocenters. The molecule has 0 bridgehead atoms. The van der Waals surface area contributed by atoms with E-state index in [1.54, 1.807) is 22.4 Å². The molecule has 0 saturated carbocycles. The van der Waals surface area contributed by atoms with Gasteiger partial charge in [0, 0.05) is 24.2 Å². The number of carbonyl (C=O) groups is 1. The third-order valence-electron chi connectivity index (χ3n) is 4.55. The Morgan fingerprint density at radius 1 is 1.07 bits per heavy atom. The first-order valence-corrected chi connectivity index (χ1v) is 10.6. The molecule has 3 aromatic heterocycles. The van der Waals surface area contributed by atoms with Crippen LogP contribution in [0.15, 0.2) is 71.6 Å². The molecule has 0 saturated heterocycles. The fourth-order valence-electron chi connectivity index (χ4n) is 3.15. The van der Waals surface area contributed by atoms with Gasteiger partial charge in [0.1, 0.15) is 9.88 Å². The highest BCUT2D eigenvalue weighted by molar-refractivity contribution is 7.17. The van der Waals surface area contributed by atoms with Crippen LogP contribution in [0.25, 0.3) is 10.6 Å². The van der Waals surface area contributed by atoms with Crippen molar-refractivity contribution in [3.63, 3.8) is 0 Å². The Bertz CT molecular complexity index is 1020. The summed E-state index contributed by atoms with van der Waals surface area (Å²) < 4.78 is 0. The van der Waals surface area contributed by atoms with Gasteiger partial charge in [-0.25, -0.2) is 4.98 Å². The van der Waals surface area contributed by atoms with Crippen LogP contribution in [-0.4, -0.2) is 27.8 Å². The number of nitrogens with zero attached hydrogens (tertiary/aromatic N) is 3. The summed E-state index contributed by atoms with van der Waals surface area (Å²) in [5.74, 6) is -0.0454. The van der Waals surface area contributed by atoms with Gasteiger partial charge in [-0.3, -0.25) is 9.78 Å². The van der Waals surface area contributed by atoms with E-state index in [4.69, 9.17) is 0 Å². The minimum Gasteiger partial charge on any atom is -0.328 e. The number of rotatable bonds is 5. The monoisotopic (exact) mass is 405 g/mol. The molecule has 4 rings (SSSR count). The fourth-order valence-corrected chi connectivity index (χ4v) is 4.91. The van der Waals surface area contributed by atoms with Crippen molar-refractivity contribution < 1.29 is 4.79 Å². The second-order valence-electron chi connectivity index (χ2n) is 6.43. The van der Waals surface area contributed by atoms with E-state index in [9.17, 15) is 4.79 Å². The van der Waals surface area contributed by atoms with Crippen LogP contribution < -0.4 is 0 Å². The first kappa shape index (κ1) is 18.5. The van der Waals surface area contributed by atoms with E-state index in [1.807, 2.05) is 73.9 Å². The van der Waals surface area contributed by atoms with Gasteiger partial charge in [0.05, 0.1) is 17.4 Å². The molecule has 4 aromatic rings. The fraction of sp³-hybridized carbons (Fsp3) is 0.136. The molecule has 0 aliphatic heterocycles. The van der Waals surface area contributed by atoms with Crippen LogP contribution in [0.5, 0.6) is 0 Å². The van der Waals surface area contributed by atoms with Gasteiger partial charge < -0.3 is 4.90 Å². The zero-order valence-corrected chi connectivity index (χ0v) is 17.2. The lowest BCUT2D eigenvalue weighted by Gasteiger charge is -2.28. The lowest BCUT2D eigenvalue weighted by Crippen LogP contribution is -2.32. The molecule has 4 nitrogen and oxygen atoms in total. The van der Waals surface area contributed by atoms with Crippen LogP contribution in [0, 0.1) is 6.92 Å². The van der Waals surface area contributed by atoms with Gasteiger partial charge in [0.2, 0.25) is 0 Å². The molecule has 1 aromatic carbocycles. The lowest BCUT2D eigenvalue weighted by molar-refractivity contribution is 0.0756. The summed E-state index contributed by atoms with van der Waals surface area (Å²) in [4.78, 5) is 25.0. The number of thiazole rings is 1. The van der Waals surface area contributed by atoms with E-state index in [2.05, 4.69) is 15.3 Å². The minimum absolute atomic E-state index is 0.0454. The van der Waals surface area contributed by atoms with Gasteiger partial charge >= 0.3 is 0 Å². The van der Waals surface area contributed by atoms with Gasteiger partial charge in [-0.2, -0.15) is 11.3 Å². The number of aryl methyl sites for hydroxylation is 1. The molecule has 1 atom stereocenters. The number of hydrogen-bond donors (Lipinski definition) is 0. The largest absolute Gasteiger partial charge is 0.328 e. The van der Waals surface area contributed by atoms with E-state index < -0.39 is 0 Å². The highest BCUT2D eigenvalue weighted by Crippen LogP contribution is 2.33. The van der Waals surface area contributed by atoms with E-state index in [0.717, 1.165) is 27.5 Å². The summed E-state index contributed by atoms with van der Waals surface area (Å²) >= 11 is 3.07. The predicted octanol–water partition coefficient (Wildman–Crippen LogP) is 5.44. The van der Waals surface area contributed by atoms with Crippen molar-refractivity contribution in [3.05, 3.63) is 93.4 Å². The van der Waals surface area contributed by atoms with Crippen LogP contribution >= 0.6 is 22.7 Å². The van der Waals surface area contributed by atoms with Gasteiger partial charge in [-0.05, 0) is 36.1 Å². The molecule has 6 heteroatoms. The highest BCUT2D eigenvalue weighted by atomic mass is 32.1. The smallest absolute Gasteiger partial charge is 0.266 e. The number of thiophene rings is 1. The molecule has 0 fully saturated rings. The molecule has 0 spiro atoms. The molecule has 0 N–H and O–H groups in total. The molecule has 1 amide bonds. The van der Waals surface area contributed by atoms with Crippen molar-refractivity contribution in [2.75, 3.05) is 7.05 Å². The Balaban J connectivity index is 1.71. The van der Waals surface area contributed by atoms with Gasteiger partial charge in [0.15, 0.2) is 0 Å². The third kappa shape index (κ3) is 3.61. The molecule has 28 heavy (non-hydrogen) atoms. The number of hydrogen-bond acceptors (Lipinski definition) is 5. The number of pyridine rings is 1. The Hall–Kier alpha value is -2.83. The maximum atomic E-state index is 13.4. The maximum Gasteiger partial charge on any atom is 0.266 e. The van der Waals surface area contributed by atoms with Gasteiger partial charge in [-0.1, -0.05) is 36.4 Å². The SMILES string of the molecule is Cc1nc(-c2ccsc2)sc1C(=O)N(C)C(c1ccccc1)c1ccccn1. The van der Waals surface area contributed by atoms with Crippen LogP contribution in [0.3, 0.4) is 0 Å². The molecule has 0 aliphatic carbocycles. The van der Waals surface area contributed by atoms with Gasteiger partial charge in [-0.15, -0.1) is 11.3 Å². The van der Waals surface area contributed by atoms with Crippen molar-refractivity contribution in [1.29, 1.82) is 0 Å². The summed E-state index contributed by atoms with van der Waals surface area (Å²) in [5, 5.41) is 4.95. The number of carbonyl (C=O) groups excluding carboxylic acids is 1. The van der Waals surface area contributed by atoms with Crippen molar-refractivity contribution in [1.82, 2.24) is 14.9 Å². The summed E-state index contributed by atoms with van der Waals surface area (Å²) in [6.45, 7) is 1.89. The van der Waals surface area contributed by atoms with E-state index >= 15 is 0 Å². The standard InChI is InChI=1S/C22H19N3OS2/c1-15-20(28-21(24-15)17-11-13-27-14-17)22(26)25(2)19(16-8-4-3-5-9-16)18-10-6-7-12-23-18/h3-14,19H,1-2H3. The summed E-state index contributed by atoms with van der Waals surface area (Å²) in [6.07, 6.45) is 1.76. The topological polar surface area (TPSA) is 46.1 Å². The molecule has 140 valence electrons. The van der Waals surface area contributed by atoms with Crippen LogP contribution in [-0.2, 0) is 0 Å². The summed E-state index contributed by atoms with van der Waals surface area (Å²) in [6, 6.07) is 17.5. The van der Waals surface area contributed by atoms with Crippen molar-refractivity contribution >= 4 is 28.6 Å². The first-order chi connectivity index (χ1) is 13.6. The minimum atomic E-state index is -0.263. The number of benzene rings is 1. The Morgan fingerprint density at radius 3 is 2.54 bits per heavy atom. The molecule has 0 aliphatic rings. The number of aromatic nitrogens is 2. The quantitative estimate of drug-likeness (QED) is 0.444. The van der Waals surface area contributed by atoms with Crippen LogP contribution in [0.2, 0.25) is 0 Å². The summed E-state index contributed by atoms with van der Waals surface area (Å²) in [5.41, 5.74) is 3.68. The van der Waals surface area contributed by atoms with Crippen molar-refractivity contribution in [3.8, 4) is 10.6 Å². The first-order valence-electron chi connectivity index (χ1n) is 8.88. The normalized spacial score (nSPS) is 11.9. The second kappa shape index (κ2) is 8.04.